The van der Waals surface area contributed by atoms with E-state index in [0.29, 0.717) is 37.1 Å². The molecule has 1 aliphatic heterocycles. The van der Waals surface area contributed by atoms with Gasteiger partial charge in [-0.3, -0.25) is 0 Å². The van der Waals surface area contributed by atoms with Gasteiger partial charge in [0.25, 0.3) is 0 Å². The van der Waals surface area contributed by atoms with E-state index in [9.17, 15) is 5.11 Å². The lowest BCUT2D eigenvalue weighted by atomic mass is 9.90. The van der Waals surface area contributed by atoms with Crippen molar-refractivity contribution in [1.82, 2.24) is 0 Å². The van der Waals surface area contributed by atoms with Crippen molar-refractivity contribution >= 4 is 15.9 Å². The second-order valence-corrected chi connectivity index (χ2v) is 4.50. The van der Waals surface area contributed by atoms with Crippen LogP contribution >= 0.6 is 15.9 Å². The molecule has 0 unspecified atom stereocenters. The number of hydrogen-bond acceptors (Lipinski definition) is 3. The van der Waals surface area contributed by atoms with Gasteiger partial charge in [-0.25, -0.2) is 0 Å². The number of furan rings is 1. The summed E-state index contributed by atoms with van der Waals surface area (Å²) in [5.74, 6) is 0.821. The first kappa shape index (κ1) is 10.2. The van der Waals surface area contributed by atoms with Crippen molar-refractivity contribution in [3.8, 4) is 0 Å². The van der Waals surface area contributed by atoms with E-state index in [1.807, 2.05) is 12.1 Å². The van der Waals surface area contributed by atoms with E-state index < -0.39 is 5.60 Å². The molecule has 0 spiro atoms. The van der Waals surface area contributed by atoms with E-state index >= 15 is 0 Å². The Morgan fingerprint density at radius 2 is 2.07 bits per heavy atom. The van der Waals surface area contributed by atoms with E-state index in [1.165, 1.54) is 0 Å². The monoisotopic (exact) mass is 260 g/mol. The molecule has 1 saturated heterocycles. The van der Waals surface area contributed by atoms with Crippen molar-refractivity contribution in [3.05, 3.63) is 22.6 Å². The summed E-state index contributed by atoms with van der Waals surface area (Å²) >= 11 is 3.24. The summed E-state index contributed by atoms with van der Waals surface area (Å²) in [6.07, 6.45) is 1.94. The predicted octanol–water partition coefficient (Wildman–Crippen LogP) is 2.13. The first-order chi connectivity index (χ1) is 6.68. The van der Waals surface area contributed by atoms with Crippen LogP contribution in [0, 0.1) is 0 Å². The van der Waals surface area contributed by atoms with Gasteiger partial charge in [0.05, 0.1) is 5.60 Å². The Labute approximate surface area is 91.2 Å². The highest BCUT2D eigenvalue weighted by Crippen LogP contribution is 2.26. The zero-order valence-electron chi connectivity index (χ0n) is 7.83. The molecule has 0 radical (unpaired) electrons. The summed E-state index contributed by atoms with van der Waals surface area (Å²) in [6, 6.07) is 3.73. The molecule has 3 nitrogen and oxygen atoms in total. The summed E-state index contributed by atoms with van der Waals surface area (Å²) in [4.78, 5) is 0. The van der Waals surface area contributed by atoms with E-state index in [4.69, 9.17) is 9.15 Å². The maximum Gasteiger partial charge on any atom is 0.169 e. The van der Waals surface area contributed by atoms with Crippen LogP contribution in [0.15, 0.2) is 21.2 Å². The molecule has 4 heteroatoms. The van der Waals surface area contributed by atoms with Crippen LogP contribution < -0.4 is 0 Å². The van der Waals surface area contributed by atoms with Crippen molar-refractivity contribution in [2.45, 2.75) is 24.9 Å². The Kier molecular flexibility index (Phi) is 2.95. The van der Waals surface area contributed by atoms with Crippen LogP contribution in [-0.4, -0.2) is 23.9 Å². The highest BCUT2D eigenvalue weighted by Gasteiger charge is 2.30. The maximum atomic E-state index is 10.2. The molecule has 14 heavy (non-hydrogen) atoms. The van der Waals surface area contributed by atoms with E-state index in [1.54, 1.807) is 0 Å². The van der Waals surface area contributed by atoms with Crippen LogP contribution in [-0.2, 0) is 11.2 Å². The fourth-order valence-corrected chi connectivity index (χ4v) is 2.04. The minimum Gasteiger partial charge on any atom is -0.454 e. The average Bonchev–Trinajstić information content (AvgIpc) is 2.51. The van der Waals surface area contributed by atoms with Gasteiger partial charge in [-0.15, -0.1) is 0 Å². The first-order valence-electron chi connectivity index (χ1n) is 4.72. The van der Waals surface area contributed by atoms with Crippen LogP contribution in [0.1, 0.15) is 18.6 Å². The molecule has 78 valence electrons. The van der Waals surface area contributed by atoms with Crippen molar-refractivity contribution in [2.24, 2.45) is 0 Å². The quantitative estimate of drug-likeness (QED) is 0.886. The largest absolute Gasteiger partial charge is 0.454 e. The molecule has 1 aromatic heterocycles. The Hall–Kier alpha value is -0.320. The molecule has 0 aliphatic carbocycles. The Morgan fingerprint density at radius 3 is 2.64 bits per heavy atom. The van der Waals surface area contributed by atoms with Crippen molar-refractivity contribution < 1.29 is 14.3 Å². The number of aliphatic hydroxyl groups is 1. The highest BCUT2D eigenvalue weighted by molar-refractivity contribution is 9.10. The third kappa shape index (κ3) is 2.38. The van der Waals surface area contributed by atoms with Crippen molar-refractivity contribution in [2.75, 3.05) is 13.2 Å². The number of ether oxygens (including phenoxy) is 1. The third-order valence-electron chi connectivity index (χ3n) is 2.56. The van der Waals surface area contributed by atoms with Crippen LogP contribution in [0.3, 0.4) is 0 Å². The summed E-state index contributed by atoms with van der Waals surface area (Å²) in [7, 11) is 0. The summed E-state index contributed by atoms with van der Waals surface area (Å²) < 4.78 is 11.3. The van der Waals surface area contributed by atoms with E-state index in [0.717, 1.165) is 5.76 Å². The lowest BCUT2D eigenvalue weighted by Crippen LogP contribution is -2.38. The molecule has 0 amide bonds. The van der Waals surface area contributed by atoms with Gasteiger partial charge in [0.1, 0.15) is 5.76 Å². The Bertz CT molecular complexity index is 302. The predicted molar refractivity (Wildman–Crippen MR) is 55.1 cm³/mol. The summed E-state index contributed by atoms with van der Waals surface area (Å²) in [5.41, 5.74) is -0.643. The fourth-order valence-electron chi connectivity index (χ4n) is 1.70. The zero-order chi connectivity index (χ0) is 10.0. The third-order valence-corrected chi connectivity index (χ3v) is 2.98. The maximum absolute atomic E-state index is 10.2. The van der Waals surface area contributed by atoms with E-state index in [2.05, 4.69) is 15.9 Å². The van der Waals surface area contributed by atoms with Gasteiger partial charge in [0.15, 0.2) is 4.67 Å². The molecule has 0 atom stereocenters. The minimum absolute atomic E-state index is 0.571. The van der Waals surface area contributed by atoms with Gasteiger partial charge < -0.3 is 14.3 Å². The van der Waals surface area contributed by atoms with Crippen LogP contribution in [0.2, 0.25) is 0 Å². The van der Waals surface area contributed by atoms with Crippen LogP contribution in [0.5, 0.6) is 0 Å². The highest BCUT2D eigenvalue weighted by atomic mass is 79.9. The van der Waals surface area contributed by atoms with Gasteiger partial charge in [-0.2, -0.15) is 0 Å². The number of rotatable bonds is 2. The van der Waals surface area contributed by atoms with E-state index in [-0.39, 0.29) is 0 Å². The lowest BCUT2D eigenvalue weighted by Gasteiger charge is -2.31. The van der Waals surface area contributed by atoms with Crippen molar-refractivity contribution in [3.63, 3.8) is 0 Å². The standard InChI is InChI=1S/C10H13BrO3/c11-9-2-1-8(14-9)7-10(12)3-5-13-6-4-10/h1-2,12H,3-7H2. The van der Waals surface area contributed by atoms with Gasteiger partial charge in [0.2, 0.25) is 0 Å². The van der Waals surface area contributed by atoms with Crippen molar-refractivity contribution in [1.29, 1.82) is 0 Å². The molecular weight excluding hydrogens is 248 g/mol. The molecule has 2 rings (SSSR count). The van der Waals surface area contributed by atoms with Gasteiger partial charge in [-0.05, 0) is 28.1 Å². The smallest absolute Gasteiger partial charge is 0.169 e. The average molecular weight is 261 g/mol. The molecule has 1 aliphatic rings. The van der Waals surface area contributed by atoms with Crippen LogP contribution in [0.25, 0.3) is 0 Å². The second kappa shape index (κ2) is 4.04. The minimum atomic E-state index is -0.643. The van der Waals surface area contributed by atoms with Gasteiger partial charge >= 0.3 is 0 Å². The topological polar surface area (TPSA) is 42.6 Å². The lowest BCUT2D eigenvalue weighted by molar-refractivity contribution is -0.0650. The zero-order valence-corrected chi connectivity index (χ0v) is 9.42. The second-order valence-electron chi connectivity index (χ2n) is 3.72. The molecule has 1 N–H and O–H groups in total. The molecule has 1 fully saturated rings. The van der Waals surface area contributed by atoms with Gasteiger partial charge in [0, 0.05) is 32.5 Å². The SMILES string of the molecule is OC1(Cc2ccc(Br)o2)CCOCC1. The Balaban J connectivity index is 2.01. The normalized spacial score (nSPS) is 21.0. The Morgan fingerprint density at radius 1 is 1.36 bits per heavy atom. The molecule has 0 saturated carbocycles. The fraction of sp³-hybridized carbons (Fsp3) is 0.600. The number of halogens is 1. The molecule has 2 heterocycles. The van der Waals surface area contributed by atoms with Gasteiger partial charge in [-0.1, -0.05) is 0 Å². The first-order valence-corrected chi connectivity index (χ1v) is 5.52. The molecule has 0 bridgehead atoms. The number of hydrogen-bond donors (Lipinski definition) is 1. The molecule has 0 aromatic carbocycles. The summed E-state index contributed by atoms with van der Waals surface area (Å²) in [6.45, 7) is 1.27. The summed E-state index contributed by atoms with van der Waals surface area (Å²) in [5, 5.41) is 10.2. The molecular formula is C10H13BrO3. The molecule has 1 aromatic rings. The van der Waals surface area contributed by atoms with Crippen LogP contribution in [0.4, 0.5) is 0 Å².